The first-order valence-electron chi connectivity index (χ1n) is 9.31. The van der Waals surface area contributed by atoms with Crippen LogP contribution in [0, 0.1) is 13.8 Å². The first-order chi connectivity index (χ1) is 12.6. The zero-order valence-corrected chi connectivity index (χ0v) is 16.0. The second-order valence-corrected chi connectivity index (χ2v) is 7.17. The number of hydrogen-bond donors (Lipinski definition) is 1. The Hall–Kier alpha value is -2.18. The Morgan fingerprint density at radius 2 is 2.04 bits per heavy atom. The maximum atomic E-state index is 6.06. The van der Waals surface area contributed by atoms with Crippen molar-refractivity contribution in [1.82, 2.24) is 24.6 Å². The number of aromatic nitrogens is 4. The van der Waals surface area contributed by atoms with Crippen LogP contribution >= 0.6 is 0 Å². The zero-order chi connectivity index (χ0) is 18.3. The fourth-order valence-corrected chi connectivity index (χ4v) is 4.07. The number of aryl methyl sites for hydroxylation is 3. The molecule has 0 unspecified atom stereocenters. The number of fused-ring (bicyclic) bond motifs is 1. The summed E-state index contributed by atoms with van der Waals surface area (Å²) >= 11 is 0. The molecule has 2 aromatic heterocycles. The van der Waals surface area contributed by atoms with Gasteiger partial charge in [0.1, 0.15) is 11.9 Å². The first kappa shape index (κ1) is 17.2. The van der Waals surface area contributed by atoms with E-state index < -0.39 is 0 Å². The topological polar surface area (TPSA) is 56.9 Å². The summed E-state index contributed by atoms with van der Waals surface area (Å²) in [5, 5.41) is 8.25. The van der Waals surface area contributed by atoms with E-state index in [0.29, 0.717) is 6.04 Å². The lowest BCUT2D eigenvalue weighted by Crippen LogP contribution is -2.34. The predicted octanol–water partition coefficient (Wildman–Crippen LogP) is 2.59. The van der Waals surface area contributed by atoms with E-state index in [9.17, 15) is 0 Å². The summed E-state index contributed by atoms with van der Waals surface area (Å²) in [6.45, 7) is 5.87. The minimum Gasteiger partial charge on any atom is -0.372 e. The Morgan fingerprint density at radius 1 is 1.23 bits per heavy atom. The number of nitrogens with one attached hydrogen (secondary N) is 1. The molecule has 26 heavy (non-hydrogen) atoms. The summed E-state index contributed by atoms with van der Waals surface area (Å²) in [6, 6.07) is 8.61. The second kappa shape index (κ2) is 6.85. The van der Waals surface area contributed by atoms with E-state index in [1.807, 2.05) is 17.8 Å². The third kappa shape index (κ3) is 2.93. The number of nitrogens with zero attached hydrogens (tertiary/aromatic N) is 4. The van der Waals surface area contributed by atoms with Crippen LogP contribution in [-0.2, 0) is 25.3 Å². The average molecular weight is 353 g/mol. The zero-order valence-electron chi connectivity index (χ0n) is 16.0. The number of para-hydroxylation sites is 2. The van der Waals surface area contributed by atoms with Crippen molar-refractivity contribution in [3.63, 3.8) is 0 Å². The third-order valence-corrected chi connectivity index (χ3v) is 5.58. The highest BCUT2D eigenvalue weighted by Gasteiger charge is 2.33. The van der Waals surface area contributed by atoms with Crippen LogP contribution in [0.5, 0.6) is 0 Å². The van der Waals surface area contributed by atoms with Gasteiger partial charge >= 0.3 is 0 Å². The van der Waals surface area contributed by atoms with Gasteiger partial charge in [0.15, 0.2) is 0 Å². The van der Waals surface area contributed by atoms with Crippen LogP contribution < -0.4 is 5.32 Å². The molecule has 1 aliphatic rings. The molecule has 2 atom stereocenters. The Labute approximate surface area is 154 Å². The molecule has 6 nitrogen and oxygen atoms in total. The van der Waals surface area contributed by atoms with Gasteiger partial charge in [-0.05, 0) is 32.4 Å². The van der Waals surface area contributed by atoms with Crippen molar-refractivity contribution < 1.29 is 4.74 Å². The highest BCUT2D eigenvalue weighted by molar-refractivity contribution is 5.75. The monoisotopic (exact) mass is 353 g/mol. The van der Waals surface area contributed by atoms with Crippen molar-refractivity contribution in [2.75, 3.05) is 13.2 Å². The molecule has 0 spiro atoms. The van der Waals surface area contributed by atoms with E-state index in [4.69, 9.17) is 9.72 Å². The van der Waals surface area contributed by atoms with Crippen molar-refractivity contribution in [2.45, 2.75) is 38.8 Å². The molecule has 1 aliphatic heterocycles. The fourth-order valence-electron chi connectivity index (χ4n) is 4.07. The molecular weight excluding hydrogens is 326 g/mol. The molecule has 3 heterocycles. The molecule has 0 bridgehead atoms. The van der Waals surface area contributed by atoms with Gasteiger partial charge in [0.05, 0.1) is 16.7 Å². The SMILES string of the molecule is Cc1nn(C)c(C)c1[C@H]1OCC[C@@H]1NCCc1nc2ccccc2n1C. The van der Waals surface area contributed by atoms with Crippen molar-refractivity contribution in [3.8, 4) is 0 Å². The lowest BCUT2D eigenvalue weighted by molar-refractivity contribution is 0.0978. The van der Waals surface area contributed by atoms with E-state index in [1.54, 1.807) is 0 Å². The lowest BCUT2D eigenvalue weighted by Gasteiger charge is -2.20. The Kier molecular flexibility index (Phi) is 4.54. The van der Waals surface area contributed by atoms with Gasteiger partial charge in [0, 0.05) is 51.0 Å². The average Bonchev–Trinajstić information content (AvgIpc) is 3.27. The molecule has 1 N–H and O–H groups in total. The largest absolute Gasteiger partial charge is 0.372 e. The number of benzene rings is 1. The van der Waals surface area contributed by atoms with Gasteiger partial charge in [-0.15, -0.1) is 0 Å². The number of imidazole rings is 1. The third-order valence-electron chi connectivity index (χ3n) is 5.58. The Balaban J connectivity index is 1.44. The van der Waals surface area contributed by atoms with Crippen LogP contribution in [0.25, 0.3) is 11.0 Å². The number of ether oxygens (including phenoxy) is 1. The normalized spacial score (nSPS) is 20.3. The van der Waals surface area contributed by atoms with Crippen LogP contribution in [0.3, 0.4) is 0 Å². The molecule has 6 heteroatoms. The second-order valence-electron chi connectivity index (χ2n) is 7.17. The van der Waals surface area contributed by atoms with Crippen molar-refractivity contribution in [2.24, 2.45) is 14.1 Å². The minimum absolute atomic E-state index is 0.0872. The van der Waals surface area contributed by atoms with Gasteiger partial charge in [-0.1, -0.05) is 12.1 Å². The number of rotatable bonds is 5. The summed E-state index contributed by atoms with van der Waals surface area (Å²) < 4.78 is 10.2. The molecule has 4 rings (SSSR count). The van der Waals surface area contributed by atoms with E-state index in [0.717, 1.165) is 43.0 Å². The van der Waals surface area contributed by atoms with Crippen LogP contribution in [0.4, 0.5) is 0 Å². The quantitative estimate of drug-likeness (QED) is 0.766. The van der Waals surface area contributed by atoms with E-state index in [2.05, 4.69) is 54.1 Å². The highest BCUT2D eigenvalue weighted by Crippen LogP contribution is 2.33. The molecule has 0 aliphatic carbocycles. The van der Waals surface area contributed by atoms with Crippen molar-refractivity contribution in [1.29, 1.82) is 0 Å². The first-order valence-corrected chi connectivity index (χ1v) is 9.31. The van der Waals surface area contributed by atoms with Gasteiger partial charge in [-0.25, -0.2) is 4.98 Å². The molecule has 138 valence electrons. The van der Waals surface area contributed by atoms with Gasteiger partial charge in [-0.3, -0.25) is 4.68 Å². The Morgan fingerprint density at radius 3 is 2.77 bits per heavy atom. The molecule has 3 aromatic rings. The number of hydrogen-bond acceptors (Lipinski definition) is 4. The maximum Gasteiger partial charge on any atom is 0.110 e. The minimum atomic E-state index is 0.0872. The van der Waals surface area contributed by atoms with E-state index in [1.165, 1.54) is 16.8 Å². The van der Waals surface area contributed by atoms with E-state index >= 15 is 0 Å². The molecule has 1 saturated heterocycles. The van der Waals surface area contributed by atoms with Crippen molar-refractivity contribution >= 4 is 11.0 Å². The summed E-state index contributed by atoms with van der Waals surface area (Å²) in [5.74, 6) is 1.11. The fraction of sp³-hybridized carbons (Fsp3) is 0.500. The van der Waals surface area contributed by atoms with E-state index in [-0.39, 0.29) is 6.10 Å². The molecule has 1 aromatic carbocycles. The van der Waals surface area contributed by atoms with Gasteiger partial charge < -0.3 is 14.6 Å². The summed E-state index contributed by atoms with van der Waals surface area (Å²) in [7, 11) is 4.09. The molecular formula is C20H27N5O. The standard InChI is InChI=1S/C20H27N5O/c1-13-19(14(2)25(4)23-13)20-16(10-12-26-20)21-11-9-18-22-15-7-5-6-8-17(15)24(18)3/h5-8,16,20-21H,9-12H2,1-4H3/t16-,20-/m0/s1. The van der Waals surface area contributed by atoms with Gasteiger partial charge in [-0.2, -0.15) is 5.10 Å². The van der Waals surface area contributed by atoms with Crippen LogP contribution in [0.15, 0.2) is 24.3 Å². The van der Waals surface area contributed by atoms with Crippen LogP contribution in [0.2, 0.25) is 0 Å². The maximum absolute atomic E-state index is 6.06. The summed E-state index contributed by atoms with van der Waals surface area (Å²) in [5.41, 5.74) is 5.75. The van der Waals surface area contributed by atoms with Crippen molar-refractivity contribution in [3.05, 3.63) is 47.0 Å². The van der Waals surface area contributed by atoms with Crippen LogP contribution in [-0.4, -0.2) is 38.5 Å². The van der Waals surface area contributed by atoms with Crippen LogP contribution in [0.1, 0.15) is 35.3 Å². The molecule has 0 saturated carbocycles. The summed E-state index contributed by atoms with van der Waals surface area (Å²) in [4.78, 5) is 4.76. The van der Waals surface area contributed by atoms with Gasteiger partial charge in [0.25, 0.3) is 0 Å². The molecule has 0 radical (unpaired) electrons. The predicted molar refractivity (Wildman–Crippen MR) is 102 cm³/mol. The lowest BCUT2D eigenvalue weighted by atomic mass is 10.0. The summed E-state index contributed by atoms with van der Waals surface area (Å²) in [6.07, 6.45) is 2.02. The van der Waals surface area contributed by atoms with Gasteiger partial charge in [0.2, 0.25) is 0 Å². The highest BCUT2D eigenvalue weighted by atomic mass is 16.5. The molecule has 0 amide bonds. The smallest absolute Gasteiger partial charge is 0.110 e. The Bertz CT molecular complexity index is 926. The molecule has 1 fully saturated rings.